The molecular formula is C14H10N2O2S. The van der Waals surface area contributed by atoms with E-state index in [0.717, 1.165) is 17.2 Å². The van der Waals surface area contributed by atoms with Crippen LogP contribution in [0.3, 0.4) is 0 Å². The molecule has 0 bridgehead atoms. The summed E-state index contributed by atoms with van der Waals surface area (Å²) in [6.07, 6.45) is 0.743. The smallest absolute Gasteiger partial charge is 0.258 e. The predicted octanol–water partition coefficient (Wildman–Crippen LogP) is 3.97. The van der Waals surface area contributed by atoms with Crippen molar-refractivity contribution in [2.45, 2.75) is 11.3 Å². The molecule has 94 valence electrons. The maximum atomic E-state index is 11.0. The van der Waals surface area contributed by atoms with Crippen LogP contribution in [0.5, 0.6) is 0 Å². The quantitative estimate of drug-likeness (QED) is 0.612. The number of benzene rings is 2. The molecule has 0 amide bonds. The molecule has 1 aliphatic rings. The van der Waals surface area contributed by atoms with Crippen LogP contribution in [0.25, 0.3) is 0 Å². The SMILES string of the molecule is O=[N+]([O-])c1ccccc1SC1=Nc2ccccc2C1. The summed E-state index contributed by atoms with van der Waals surface area (Å²) in [4.78, 5) is 15.8. The lowest BCUT2D eigenvalue weighted by Gasteiger charge is -2.01. The number of fused-ring (bicyclic) bond motifs is 1. The van der Waals surface area contributed by atoms with Gasteiger partial charge in [0.05, 0.1) is 20.5 Å². The third-order valence-electron chi connectivity index (χ3n) is 2.87. The second-order valence-electron chi connectivity index (χ2n) is 4.14. The van der Waals surface area contributed by atoms with Crippen LogP contribution in [0, 0.1) is 10.1 Å². The van der Waals surface area contributed by atoms with Crippen molar-refractivity contribution in [2.75, 3.05) is 0 Å². The second kappa shape index (κ2) is 4.85. The third kappa shape index (κ3) is 2.37. The molecule has 0 N–H and O–H groups in total. The van der Waals surface area contributed by atoms with E-state index in [1.165, 1.54) is 23.4 Å². The Bertz CT molecular complexity index is 683. The zero-order valence-electron chi connectivity index (χ0n) is 9.95. The lowest BCUT2D eigenvalue weighted by molar-refractivity contribution is -0.387. The second-order valence-corrected chi connectivity index (χ2v) is 5.25. The molecule has 0 unspecified atom stereocenters. The summed E-state index contributed by atoms with van der Waals surface area (Å²) in [5.74, 6) is 0. The van der Waals surface area contributed by atoms with Crippen molar-refractivity contribution in [3.8, 4) is 0 Å². The Hall–Kier alpha value is -2.14. The Morgan fingerprint density at radius 3 is 2.63 bits per heavy atom. The highest BCUT2D eigenvalue weighted by atomic mass is 32.2. The zero-order valence-corrected chi connectivity index (χ0v) is 10.8. The van der Waals surface area contributed by atoms with Crippen LogP contribution in [0.1, 0.15) is 5.56 Å². The van der Waals surface area contributed by atoms with Crippen molar-refractivity contribution in [1.82, 2.24) is 0 Å². The molecule has 0 atom stereocenters. The molecule has 1 aliphatic heterocycles. The van der Waals surface area contributed by atoms with Crippen molar-refractivity contribution in [3.05, 3.63) is 64.2 Å². The number of para-hydroxylation sites is 2. The van der Waals surface area contributed by atoms with E-state index in [9.17, 15) is 10.1 Å². The maximum absolute atomic E-state index is 11.0. The van der Waals surface area contributed by atoms with E-state index in [2.05, 4.69) is 4.99 Å². The number of nitrogens with zero attached hydrogens (tertiary/aromatic N) is 2. The molecule has 3 rings (SSSR count). The van der Waals surface area contributed by atoms with Gasteiger partial charge in [0, 0.05) is 12.5 Å². The average molecular weight is 270 g/mol. The van der Waals surface area contributed by atoms with E-state index in [-0.39, 0.29) is 10.6 Å². The van der Waals surface area contributed by atoms with E-state index in [1.54, 1.807) is 18.2 Å². The summed E-state index contributed by atoms with van der Waals surface area (Å²) in [7, 11) is 0. The molecule has 1 heterocycles. The number of thioether (sulfide) groups is 1. The topological polar surface area (TPSA) is 55.5 Å². The van der Waals surface area contributed by atoms with Gasteiger partial charge in [-0.25, -0.2) is 4.99 Å². The fourth-order valence-electron chi connectivity index (χ4n) is 1.99. The van der Waals surface area contributed by atoms with E-state index >= 15 is 0 Å². The molecule has 2 aromatic carbocycles. The minimum atomic E-state index is -0.356. The van der Waals surface area contributed by atoms with Gasteiger partial charge in [-0.3, -0.25) is 10.1 Å². The Morgan fingerprint density at radius 2 is 1.84 bits per heavy atom. The van der Waals surface area contributed by atoms with Gasteiger partial charge in [-0.1, -0.05) is 42.1 Å². The Morgan fingerprint density at radius 1 is 1.11 bits per heavy atom. The fraction of sp³-hybridized carbons (Fsp3) is 0.0714. The molecule has 0 fully saturated rings. The minimum Gasteiger partial charge on any atom is -0.258 e. The lowest BCUT2D eigenvalue weighted by atomic mass is 10.2. The first-order chi connectivity index (χ1) is 9.24. The van der Waals surface area contributed by atoms with Gasteiger partial charge in [0.2, 0.25) is 0 Å². The Labute approximate surface area is 114 Å². The maximum Gasteiger partial charge on any atom is 0.283 e. The highest BCUT2D eigenvalue weighted by Gasteiger charge is 2.19. The largest absolute Gasteiger partial charge is 0.283 e. The first-order valence-corrected chi connectivity index (χ1v) is 6.62. The standard InChI is InChI=1S/C14H10N2O2S/c17-16(18)12-7-3-4-8-13(12)19-14-9-10-5-1-2-6-11(10)15-14/h1-8H,9H2. The fourth-order valence-corrected chi connectivity index (χ4v) is 3.01. The summed E-state index contributed by atoms with van der Waals surface area (Å²) in [5, 5.41) is 11.9. The van der Waals surface area contributed by atoms with E-state index < -0.39 is 0 Å². The number of rotatable bonds is 2. The number of aliphatic imine (C=N–C) groups is 1. The number of nitro benzene ring substituents is 1. The minimum absolute atomic E-state index is 0.131. The van der Waals surface area contributed by atoms with E-state index in [4.69, 9.17) is 0 Å². The van der Waals surface area contributed by atoms with Crippen molar-refractivity contribution >= 4 is 28.2 Å². The predicted molar refractivity (Wildman–Crippen MR) is 76.2 cm³/mol. The molecule has 5 heteroatoms. The van der Waals surface area contributed by atoms with Crippen LogP contribution in [-0.2, 0) is 6.42 Å². The van der Waals surface area contributed by atoms with Crippen molar-refractivity contribution < 1.29 is 4.92 Å². The van der Waals surface area contributed by atoms with Crippen molar-refractivity contribution in [3.63, 3.8) is 0 Å². The van der Waals surface area contributed by atoms with Gasteiger partial charge in [-0.05, 0) is 17.7 Å². The highest BCUT2D eigenvalue weighted by molar-refractivity contribution is 8.14. The monoisotopic (exact) mass is 270 g/mol. The van der Waals surface area contributed by atoms with Gasteiger partial charge in [-0.2, -0.15) is 0 Å². The Balaban J connectivity index is 1.87. The summed E-state index contributed by atoms with van der Waals surface area (Å²) in [6, 6.07) is 14.7. The molecule has 0 saturated carbocycles. The number of nitro groups is 1. The molecule has 0 aliphatic carbocycles. The molecule has 0 spiro atoms. The van der Waals surface area contributed by atoms with Crippen LogP contribution in [0.15, 0.2) is 58.4 Å². The summed E-state index contributed by atoms with van der Waals surface area (Å²) in [5.41, 5.74) is 2.26. The van der Waals surface area contributed by atoms with E-state index in [0.29, 0.717) is 4.90 Å². The van der Waals surface area contributed by atoms with Gasteiger partial charge in [0.15, 0.2) is 0 Å². The lowest BCUT2D eigenvalue weighted by Crippen LogP contribution is -1.95. The van der Waals surface area contributed by atoms with Crippen LogP contribution in [0.4, 0.5) is 11.4 Å². The van der Waals surface area contributed by atoms with Gasteiger partial charge in [-0.15, -0.1) is 0 Å². The molecular weight excluding hydrogens is 260 g/mol. The van der Waals surface area contributed by atoms with Crippen molar-refractivity contribution in [2.24, 2.45) is 4.99 Å². The van der Waals surface area contributed by atoms with Gasteiger partial charge in [0.25, 0.3) is 5.69 Å². The molecule has 19 heavy (non-hydrogen) atoms. The summed E-state index contributed by atoms with van der Waals surface area (Å²) in [6.45, 7) is 0. The molecule has 0 aromatic heterocycles. The van der Waals surface area contributed by atoms with Gasteiger partial charge >= 0.3 is 0 Å². The summed E-state index contributed by atoms with van der Waals surface area (Å²) < 4.78 is 0. The normalized spacial score (nSPS) is 12.9. The molecule has 0 radical (unpaired) electrons. The van der Waals surface area contributed by atoms with Crippen molar-refractivity contribution in [1.29, 1.82) is 0 Å². The highest BCUT2D eigenvalue weighted by Crippen LogP contribution is 2.36. The number of hydrogen-bond donors (Lipinski definition) is 0. The van der Waals surface area contributed by atoms with Crippen LogP contribution < -0.4 is 0 Å². The van der Waals surface area contributed by atoms with E-state index in [1.807, 2.05) is 24.3 Å². The third-order valence-corrected chi connectivity index (χ3v) is 3.90. The van der Waals surface area contributed by atoms with Crippen LogP contribution in [0.2, 0.25) is 0 Å². The molecule has 0 saturated heterocycles. The average Bonchev–Trinajstić information content (AvgIpc) is 2.81. The van der Waals surface area contributed by atoms with Crippen LogP contribution in [-0.4, -0.2) is 9.97 Å². The first kappa shape index (κ1) is 11.9. The molecule has 4 nitrogen and oxygen atoms in total. The van der Waals surface area contributed by atoms with Gasteiger partial charge in [0.1, 0.15) is 0 Å². The first-order valence-electron chi connectivity index (χ1n) is 5.81. The van der Waals surface area contributed by atoms with Gasteiger partial charge < -0.3 is 0 Å². The Kier molecular flexibility index (Phi) is 3.05. The summed E-state index contributed by atoms with van der Waals surface area (Å²) >= 11 is 1.37. The zero-order chi connectivity index (χ0) is 13.2. The van der Waals surface area contributed by atoms with Crippen LogP contribution >= 0.6 is 11.8 Å². The number of hydrogen-bond acceptors (Lipinski definition) is 4. The molecule has 2 aromatic rings.